The van der Waals surface area contributed by atoms with Gasteiger partial charge in [-0.15, -0.1) is 0 Å². The van der Waals surface area contributed by atoms with Gasteiger partial charge in [-0.25, -0.2) is 17.8 Å². The average molecular weight is 400 g/mol. The molecule has 8 nitrogen and oxygen atoms in total. The molecule has 1 saturated carbocycles. The molecule has 0 bridgehead atoms. The van der Waals surface area contributed by atoms with Gasteiger partial charge in [-0.05, 0) is 31.4 Å². The highest BCUT2D eigenvalue weighted by molar-refractivity contribution is 7.88. The van der Waals surface area contributed by atoms with Crippen molar-refractivity contribution in [2.24, 2.45) is 5.92 Å². The zero-order valence-corrected chi connectivity index (χ0v) is 15.1. The van der Waals surface area contributed by atoms with Crippen molar-refractivity contribution in [2.45, 2.75) is 32.7 Å². The minimum Gasteiger partial charge on any atom is -0.322 e. The van der Waals surface area contributed by atoms with Gasteiger partial charge in [0.25, 0.3) is 0 Å². The van der Waals surface area contributed by atoms with Crippen LogP contribution in [0.1, 0.15) is 26.7 Å². The SMILES string of the molecule is C.CS(=O)(=O)N[C@@H]1CC[C@H](C(=O)Nc2cn(-c3cccnc3)nc2Cl)C1. The van der Waals surface area contributed by atoms with E-state index in [1.165, 1.54) is 4.68 Å². The topological polar surface area (TPSA) is 106 Å². The molecule has 0 aromatic carbocycles. The molecule has 1 fully saturated rings. The molecule has 1 aliphatic carbocycles. The van der Waals surface area contributed by atoms with Gasteiger partial charge in [0.05, 0.1) is 30.0 Å². The van der Waals surface area contributed by atoms with Gasteiger partial charge in [0, 0.05) is 18.2 Å². The maximum Gasteiger partial charge on any atom is 0.227 e. The van der Waals surface area contributed by atoms with Gasteiger partial charge in [0.2, 0.25) is 15.9 Å². The molecule has 0 spiro atoms. The summed E-state index contributed by atoms with van der Waals surface area (Å²) in [5, 5.41) is 7.12. The lowest BCUT2D eigenvalue weighted by Crippen LogP contribution is -2.32. The number of pyridine rings is 1. The Bertz CT molecular complexity index is 869. The van der Waals surface area contributed by atoms with Gasteiger partial charge in [0.15, 0.2) is 5.15 Å². The summed E-state index contributed by atoms with van der Waals surface area (Å²) in [6.45, 7) is 0. The van der Waals surface area contributed by atoms with E-state index in [9.17, 15) is 13.2 Å². The van der Waals surface area contributed by atoms with Crippen LogP contribution in [0.4, 0.5) is 5.69 Å². The fourth-order valence-electron chi connectivity index (χ4n) is 2.92. The number of halogens is 1. The first-order chi connectivity index (χ1) is 11.8. The first kappa shape index (κ1) is 20.3. The van der Waals surface area contributed by atoms with Crippen LogP contribution in [0.15, 0.2) is 30.7 Å². The lowest BCUT2D eigenvalue weighted by Gasteiger charge is -2.11. The zero-order valence-electron chi connectivity index (χ0n) is 13.5. The van der Waals surface area contributed by atoms with Crippen molar-refractivity contribution >= 4 is 33.2 Å². The standard InChI is InChI=1S/C15H18ClN5O3S.CH4/c1-25(23,24)20-11-5-4-10(7-11)15(22)18-13-9-21(19-14(13)16)12-3-2-6-17-8-12;/h2-3,6,8-11,20H,4-5,7H2,1H3,(H,18,22);1H4/t10-,11+;/m0./s1. The van der Waals surface area contributed by atoms with Crippen LogP contribution in [0.3, 0.4) is 0 Å². The third-order valence-corrected chi connectivity index (χ3v) is 5.06. The Morgan fingerprint density at radius 3 is 2.81 bits per heavy atom. The van der Waals surface area contributed by atoms with Crippen molar-refractivity contribution in [3.8, 4) is 5.69 Å². The molecule has 0 aliphatic heterocycles. The molecule has 0 unspecified atom stereocenters. The van der Waals surface area contributed by atoms with E-state index in [2.05, 4.69) is 20.1 Å². The molecule has 1 amide bonds. The van der Waals surface area contributed by atoms with E-state index in [0.29, 0.717) is 24.9 Å². The largest absolute Gasteiger partial charge is 0.322 e. The van der Waals surface area contributed by atoms with Crippen LogP contribution in [-0.4, -0.2) is 41.4 Å². The fraction of sp³-hybridized carbons (Fsp3) is 0.438. The molecule has 26 heavy (non-hydrogen) atoms. The van der Waals surface area contributed by atoms with Gasteiger partial charge in [-0.1, -0.05) is 19.0 Å². The molecule has 1 aliphatic rings. The number of carbonyl (C=O) groups excluding carboxylic acids is 1. The van der Waals surface area contributed by atoms with Crippen molar-refractivity contribution in [1.29, 1.82) is 0 Å². The minimum atomic E-state index is -3.27. The van der Waals surface area contributed by atoms with Crippen molar-refractivity contribution in [1.82, 2.24) is 19.5 Å². The maximum atomic E-state index is 12.4. The smallest absolute Gasteiger partial charge is 0.227 e. The zero-order chi connectivity index (χ0) is 18.0. The lowest BCUT2D eigenvalue weighted by atomic mass is 10.1. The molecule has 3 rings (SSSR count). The third kappa shape index (κ3) is 5.03. The molecular weight excluding hydrogens is 378 g/mol. The van der Waals surface area contributed by atoms with Crippen LogP contribution >= 0.6 is 11.6 Å². The number of hydrogen-bond acceptors (Lipinski definition) is 5. The molecule has 2 N–H and O–H groups in total. The van der Waals surface area contributed by atoms with E-state index < -0.39 is 10.0 Å². The molecule has 2 atom stereocenters. The molecular formula is C16H22ClN5O3S. The third-order valence-electron chi connectivity index (χ3n) is 4.02. The van der Waals surface area contributed by atoms with Gasteiger partial charge in [-0.3, -0.25) is 9.78 Å². The second-order valence-corrected chi connectivity index (χ2v) is 8.21. The Morgan fingerprint density at radius 2 is 2.15 bits per heavy atom. The second-order valence-electron chi connectivity index (χ2n) is 6.08. The summed E-state index contributed by atoms with van der Waals surface area (Å²) in [6.07, 6.45) is 7.74. The first-order valence-corrected chi connectivity index (χ1v) is 10.0. The van der Waals surface area contributed by atoms with Gasteiger partial charge in [0.1, 0.15) is 0 Å². The van der Waals surface area contributed by atoms with Crippen LogP contribution in [0, 0.1) is 5.92 Å². The number of sulfonamides is 1. The number of aromatic nitrogens is 3. The van der Waals surface area contributed by atoms with E-state index in [0.717, 1.165) is 11.9 Å². The average Bonchev–Trinajstić information content (AvgIpc) is 3.14. The second kappa shape index (κ2) is 8.15. The summed E-state index contributed by atoms with van der Waals surface area (Å²) < 4.78 is 26.7. The summed E-state index contributed by atoms with van der Waals surface area (Å²) >= 11 is 6.10. The van der Waals surface area contributed by atoms with Crippen molar-refractivity contribution < 1.29 is 13.2 Å². The van der Waals surface area contributed by atoms with E-state index in [-0.39, 0.29) is 30.4 Å². The number of nitrogens with one attached hydrogen (secondary N) is 2. The van der Waals surface area contributed by atoms with Crippen molar-refractivity contribution in [3.05, 3.63) is 35.9 Å². The van der Waals surface area contributed by atoms with Crippen molar-refractivity contribution in [3.63, 3.8) is 0 Å². The summed E-state index contributed by atoms with van der Waals surface area (Å²) in [7, 11) is -3.27. The fourth-order valence-corrected chi connectivity index (χ4v) is 3.92. The van der Waals surface area contributed by atoms with Crippen LogP contribution in [-0.2, 0) is 14.8 Å². The number of amides is 1. The van der Waals surface area contributed by atoms with Crippen LogP contribution in [0.2, 0.25) is 5.15 Å². The van der Waals surface area contributed by atoms with E-state index in [1.807, 2.05) is 6.07 Å². The number of carbonyl (C=O) groups is 1. The Morgan fingerprint density at radius 1 is 1.38 bits per heavy atom. The number of nitrogens with zero attached hydrogens (tertiary/aromatic N) is 3. The van der Waals surface area contributed by atoms with Crippen LogP contribution in [0.5, 0.6) is 0 Å². The van der Waals surface area contributed by atoms with Gasteiger partial charge < -0.3 is 5.32 Å². The molecule has 10 heteroatoms. The van der Waals surface area contributed by atoms with E-state index in [4.69, 9.17) is 11.6 Å². The molecule has 2 heterocycles. The Labute approximate surface area is 158 Å². The molecule has 2 aromatic heterocycles. The van der Waals surface area contributed by atoms with Gasteiger partial charge in [-0.2, -0.15) is 5.10 Å². The van der Waals surface area contributed by atoms with Crippen LogP contribution < -0.4 is 10.0 Å². The molecule has 0 radical (unpaired) electrons. The highest BCUT2D eigenvalue weighted by Gasteiger charge is 2.31. The Hall–Kier alpha value is -1.97. The van der Waals surface area contributed by atoms with E-state index in [1.54, 1.807) is 24.7 Å². The van der Waals surface area contributed by atoms with E-state index >= 15 is 0 Å². The van der Waals surface area contributed by atoms with Gasteiger partial charge >= 0.3 is 0 Å². The molecule has 0 saturated heterocycles. The summed E-state index contributed by atoms with van der Waals surface area (Å²) in [5.74, 6) is -0.456. The molecule has 142 valence electrons. The minimum absolute atomic E-state index is 0. The highest BCUT2D eigenvalue weighted by Crippen LogP contribution is 2.29. The lowest BCUT2D eigenvalue weighted by molar-refractivity contribution is -0.119. The Kier molecular flexibility index (Phi) is 6.38. The van der Waals surface area contributed by atoms with Crippen molar-refractivity contribution in [2.75, 3.05) is 11.6 Å². The first-order valence-electron chi connectivity index (χ1n) is 7.75. The summed E-state index contributed by atoms with van der Waals surface area (Å²) in [4.78, 5) is 16.4. The predicted octanol–water partition coefficient (Wildman–Crippen LogP) is 2.21. The predicted molar refractivity (Wildman–Crippen MR) is 101 cm³/mol. The highest BCUT2D eigenvalue weighted by atomic mass is 35.5. The number of hydrogen-bond donors (Lipinski definition) is 2. The summed E-state index contributed by atoms with van der Waals surface area (Å²) in [6, 6.07) is 3.39. The summed E-state index contributed by atoms with van der Waals surface area (Å²) in [5.41, 5.74) is 1.14. The maximum absolute atomic E-state index is 12.4. The quantitative estimate of drug-likeness (QED) is 0.801. The number of rotatable bonds is 5. The van der Waals surface area contributed by atoms with Crippen LogP contribution in [0.25, 0.3) is 5.69 Å². The molecule has 2 aromatic rings. The number of anilines is 1. The monoisotopic (exact) mass is 399 g/mol. The Balaban J connectivity index is 0.00000243. The normalized spacial score (nSPS) is 19.8.